The van der Waals surface area contributed by atoms with E-state index in [9.17, 15) is 8.42 Å². The van der Waals surface area contributed by atoms with Crippen molar-refractivity contribution in [3.8, 4) is 0 Å². The second-order valence-corrected chi connectivity index (χ2v) is 7.55. The second-order valence-electron chi connectivity index (χ2n) is 5.56. The Labute approximate surface area is 110 Å². The van der Waals surface area contributed by atoms with Crippen LogP contribution in [0.2, 0.25) is 0 Å². The maximum absolute atomic E-state index is 12.5. The number of hydrogen-bond donors (Lipinski definition) is 1. The summed E-state index contributed by atoms with van der Waals surface area (Å²) in [5, 5.41) is 0. The largest absolute Gasteiger partial charge is 0.330 e. The summed E-state index contributed by atoms with van der Waals surface area (Å²) in [7, 11) is -1.53. The Morgan fingerprint density at radius 1 is 1.22 bits per heavy atom. The third-order valence-corrected chi connectivity index (χ3v) is 6.37. The SMILES string of the molecule is CN(C1CCCCC1)S(=O)(=O)N1CCC(CN)C1. The summed E-state index contributed by atoms with van der Waals surface area (Å²) >= 11 is 0. The summed E-state index contributed by atoms with van der Waals surface area (Å²) in [6, 6.07) is 0.195. The summed E-state index contributed by atoms with van der Waals surface area (Å²) in [4.78, 5) is 0. The number of nitrogens with two attached hydrogens (primary N) is 1. The summed E-state index contributed by atoms with van der Waals surface area (Å²) < 4.78 is 28.2. The van der Waals surface area contributed by atoms with E-state index in [0.29, 0.717) is 25.6 Å². The van der Waals surface area contributed by atoms with Crippen LogP contribution in [-0.4, -0.2) is 49.8 Å². The fourth-order valence-corrected chi connectivity index (χ4v) is 4.70. The molecule has 1 atom stereocenters. The molecule has 0 spiro atoms. The van der Waals surface area contributed by atoms with Crippen molar-refractivity contribution in [2.75, 3.05) is 26.7 Å². The van der Waals surface area contributed by atoms with Crippen LogP contribution in [0.4, 0.5) is 0 Å². The van der Waals surface area contributed by atoms with Crippen LogP contribution < -0.4 is 5.73 Å². The molecule has 6 heteroatoms. The molecule has 1 aliphatic heterocycles. The molecule has 0 amide bonds. The molecule has 2 N–H and O–H groups in total. The fraction of sp³-hybridized carbons (Fsp3) is 1.00. The van der Waals surface area contributed by atoms with Crippen LogP contribution in [0, 0.1) is 5.92 Å². The van der Waals surface area contributed by atoms with Crippen LogP contribution in [0.1, 0.15) is 38.5 Å². The summed E-state index contributed by atoms with van der Waals surface area (Å²) in [6.07, 6.45) is 6.44. The molecule has 2 aliphatic rings. The van der Waals surface area contributed by atoms with Crippen molar-refractivity contribution in [3.05, 3.63) is 0 Å². The van der Waals surface area contributed by atoms with Gasteiger partial charge >= 0.3 is 0 Å². The molecule has 0 radical (unpaired) electrons. The lowest BCUT2D eigenvalue weighted by molar-refractivity contribution is 0.268. The van der Waals surface area contributed by atoms with Gasteiger partial charge in [-0.05, 0) is 31.7 Å². The molecular formula is C12H25N3O2S. The van der Waals surface area contributed by atoms with Crippen molar-refractivity contribution < 1.29 is 8.42 Å². The van der Waals surface area contributed by atoms with E-state index in [0.717, 1.165) is 32.1 Å². The van der Waals surface area contributed by atoms with Crippen molar-refractivity contribution in [3.63, 3.8) is 0 Å². The molecule has 106 valence electrons. The van der Waals surface area contributed by atoms with Crippen LogP contribution in [-0.2, 0) is 10.2 Å². The molecule has 1 saturated carbocycles. The minimum absolute atomic E-state index is 0.195. The third kappa shape index (κ3) is 2.87. The molecule has 18 heavy (non-hydrogen) atoms. The van der Waals surface area contributed by atoms with E-state index >= 15 is 0 Å². The van der Waals surface area contributed by atoms with E-state index < -0.39 is 10.2 Å². The Balaban J connectivity index is 2.01. The highest BCUT2D eigenvalue weighted by molar-refractivity contribution is 7.86. The maximum atomic E-state index is 12.5. The van der Waals surface area contributed by atoms with Gasteiger partial charge in [-0.2, -0.15) is 17.0 Å². The van der Waals surface area contributed by atoms with Gasteiger partial charge in [0, 0.05) is 26.2 Å². The van der Waals surface area contributed by atoms with E-state index in [2.05, 4.69) is 0 Å². The molecule has 1 heterocycles. The van der Waals surface area contributed by atoms with Crippen LogP contribution in [0.5, 0.6) is 0 Å². The first-order valence-corrected chi connectivity index (χ1v) is 8.38. The van der Waals surface area contributed by atoms with E-state index in [1.807, 2.05) is 0 Å². The fourth-order valence-electron chi connectivity index (χ4n) is 3.01. The van der Waals surface area contributed by atoms with E-state index in [4.69, 9.17) is 5.73 Å². The zero-order chi connectivity index (χ0) is 13.2. The molecule has 2 rings (SSSR count). The van der Waals surface area contributed by atoms with Gasteiger partial charge < -0.3 is 5.73 Å². The number of rotatable bonds is 4. The summed E-state index contributed by atoms with van der Waals surface area (Å²) in [6.45, 7) is 1.80. The molecular weight excluding hydrogens is 250 g/mol. The van der Waals surface area contributed by atoms with Gasteiger partial charge in [0.1, 0.15) is 0 Å². The van der Waals surface area contributed by atoms with Crippen molar-refractivity contribution in [1.29, 1.82) is 0 Å². The number of hydrogen-bond acceptors (Lipinski definition) is 3. The molecule has 5 nitrogen and oxygen atoms in total. The van der Waals surface area contributed by atoms with Crippen molar-refractivity contribution in [1.82, 2.24) is 8.61 Å². The normalized spacial score (nSPS) is 28.1. The molecule has 0 aromatic carbocycles. The zero-order valence-corrected chi connectivity index (χ0v) is 12.0. The lowest BCUT2D eigenvalue weighted by Gasteiger charge is -2.33. The second kappa shape index (κ2) is 5.86. The highest BCUT2D eigenvalue weighted by Crippen LogP contribution is 2.27. The first-order valence-electron chi connectivity index (χ1n) is 6.99. The summed E-state index contributed by atoms with van der Waals surface area (Å²) in [5.74, 6) is 0.333. The van der Waals surface area contributed by atoms with Crippen LogP contribution in [0.15, 0.2) is 0 Å². The van der Waals surface area contributed by atoms with E-state index in [-0.39, 0.29) is 6.04 Å². The standard InChI is InChI=1S/C12H25N3O2S/c1-14(12-5-3-2-4-6-12)18(16,17)15-8-7-11(9-13)10-15/h11-12H,2-10,13H2,1H3. The topological polar surface area (TPSA) is 66.6 Å². The first kappa shape index (κ1) is 14.2. The minimum Gasteiger partial charge on any atom is -0.330 e. The molecule has 1 aliphatic carbocycles. The molecule has 0 bridgehead atoms. The van der Waals surface area contributed by atoms with Gasteiger partial charge in [0.2, 0.25) is 0 Å². The Morgan fingerprint density at radius 2 is 1.89 bits per heavy atom. The average Bonchev–Trinajstić information content (AvgIpc) is 2.88. The van der Waals surface area contributed by atoms with Gasteiger partial charge in [0.05, 0.1) is 0 Å². The van der Waals surface area contributed by atoms with Crippen molar-refractivity contribution in [2.45, 2.75) is 44.6 Å². The van der Waals surface area contributed by atoms with Crippen LogP contribution in [0.3, 0.4) is 0 Å². The lowest BCUT2D eigenvalue weighted by atomic mass is 9.96. The van der Waals surface area contributed by atoms with Crippen molar-refractivity contribution >= 4 is 10.2 Å². The summed E-state index contributed by atoms with van der Waals surface area (Å²) in [5.41, 5.74) is 5.62. The number of nitrogens with zero attached hydrogens (tertiary/aromatic N) is 2. The van der Waals surface area contributed by atoms with Gasteiger partial charge in [0.25, 0.3) is 10.2 Å². The molecule has 0 aromatic rings. The van der Waals surface area contributed by atoms with Gasteiger partial charge in [-0.1, -0.05) is 19.3 Å². The van der Waals surface area contributed by atoms with Gasteiger partial charge in [-0.3, -0.25) is 0 Å². The Bertz CT molecular complexity index is 366. The minimum atomic E-state index is -3.27. The predicted molar refractivity (Wildman–Crippen MR) is 72.3 cm³/mol. The highest BCUT2D eigenvalue weighted by Gasteiger charge is 2.36. The quantitative estimate of drug-likeness (QED) is 0.824. The smallest absolute Gasteiger partial charge is 0.281 e. The molecule has 1 saturated heterocycles. The first-order chi connectivity index (χ1) is 8.55. The molecule has 0 aromatic heterocycles. The molecule has 2 fully saturated rings. The zero-order valence-electron chi connectivity index (χ0n) is 11.2. The van der Waals surface area contributed by atoms with Gasteiger partial charge in [-0.15, -0.1) is 0 Å². The Morgan fingerprint density at radius 3 is 2.44 bits per heavy atom. The Hall–Kier alpha value is -0.170. The monoisotopic (exact) mass is 275 g/mol. The Kier molecular flexibility index (Phi) is 4.64. The molecule has 1 unspecified atom stereocenters. The van der Waals surface area contributed by atoms with E-state index in [1.165, 1.54) is 6.42 Å². The predicted octanol–water partition coefficient (Wildman–Crippen LogP) is 0.776. The van der Waals surface area contributed by atoms with Crippen LogP contribution >= 0.6 is 0 Å². The van der Waals surface area contributed by atoms with Gasteiger partial charge in [0.15, 0.2) is 0 Å². The highest BCUT2D eigenvalue weighted by atomic mass is 32.2. The van der Waals surface area contributed by atoms with Crippen molar-refractivity contribution in [2.24, 2.45) is 11.7 Å². The van der Waals surface area contributed by atoms with Gasteiger partial charge in [-0.25, -0.2) is 0 Å². The van der Waals surface area contributed by atoms with E-state index in [1.54, 1.807) is 15.7 Å². The lowest BCUT2D eigenvalue weighted by Crippen LogP contribution is -2.46. The average molecular weight is 275 g/mol. The third-order valence-electron chi connectivity index (χ3n) is 4.36. The van der Waals surface area contributed by atoms with Crippen LogP contribution in [0.25, 0.3) is 0 Å². The maximum Gasteiger partial charge on any atom is 0.281 e.